The van der Waals surface area contributed by atoms with Gasteiger partial charge in [-0.2, -0.15) is 0 Å². The van der Waals surface area contributed by atoms with E-state index in [1.165, 1.54) is 0 Å². The average molecular weight is 398 g/mol. The van der Waals surface area contributed by atoms with Crippen LogP contribution in [0.25, 0.3) is 22.0 Å². The molecule has 1 unspecified atom stereocenters. The van der Waals surface area contributed by atoms with Gasteiger partial charge in [0.1, 0.15) is 0 Å². The second-order valence-electron chi connectivity index (χ2n) is 7.96. The molecule has 0 aliphatic heterocycles. The molecular weight excluding hydrogens is 374 g/mol. The minimum Gasteiger partial charge on any atom is -0.479 e. The third-order valence-corrected chi connectivity index (χ3v) is 4.72. The van der Waals surface area contributed by atoms with E-state index in [1.54, 1.807) is 12.1 Å². The minimum absolute atomic E-state index is 0.618. The normalized spacial score (nSPS) is 12.9. The van der Waals surface area contributed by atoms with Crippen molar-refractivity contribution < 1.29 is 14.6 Å². The lowest BCUT2D eigenvalue weighted by Crippen LogP contribution is -2.28. The zero-order valence-electron chi connectivity index (χ0n) is 16.7. The van der Waals surface area contributed by atoms with E-state index in [0.717, 1.165) is 33.3 Å². The summed E-state index contributed by atoms with van der Waals surface area (Å²) in [7, 11) is 0. The van der Waals surface area contributed by atoms with E-state index in [0.29, 0.717) is 10.6 Å². The van der Waals surface area contributed by atoms with Crippen LogP contribution in [0, 0.1) is 13.8 Å². The van der Waals surface area contributed by atoms with Crippen molar-refractivity contribution >= 4 is 28.5 Å². The summed E-state index contributed by atoms with van der Waals surface area (Å²) in [5.41, 5.74) is 4.27. The van der Waals surface area contributed by atoms with Gasteiger partial charge < -0.3 is 9.84 Å². The summed E-state index contributed by atoms with van der Waals surface area (Å²) in [5, 5.41) is 11.5. The number of rotatable bonds is 4. The number of ether oxygens (including phenoxy) is 1. The van der Waals surface area contributed by atoms with E-state index < -0.39 is 17.7 Å². The molecule has 0 saturated carbocycles. The van der Waals surface area contributed by atoms with Crippen LogP contribution in [0.5, 0.6) is 0 Å². The molecule has 1 heterocycles. The Morgan fingerprint density at radius 3 is 2.32 bits per heavy atom. The first-order chi connectivity index (χ1) is 13.1. The first kappa shape index (κ1) is 20.3. The number of benzene rings is 2. The number of carboxylic acid groups (broad SMARTS) is 1. The first-order valence-corrected chi connectivity index (χ1v) is 9.52. The van der Waals surface area contributed by atoms with Gasteiger partial charge in [0.25, 0.3) is 0 Å². The van der Waals surface area contributed by atoms with Crippen LogP contribution in [0.1, 0.15) is 43.7 Å². The van der Waals surface area contributed by atoms with Crippen molar-refractivity contribution in [3.8, 4) is 11.1 Å². The Morgan fingerprint density at radius 2 is 1.75 bits per heavy atom. The zero-order chi connectivity index (χ0) is 20.6. The molecule has 3 aromatic rings. The Bertz CT molecular complexity index is 1040. The number of nitrogens with zero attached hydrogens (tertiary/aromatic N) is 1. The summed E-state index contributed by atoms with van der Waals surface area (Å²) in [5.74, 6) is -1.02. The molecule has 146 valence electrons. The summed E-state index contributed by atoms with van der Waals surface area (Å²) in [6.07, 6.45) is -1.10. The Kier molecular flexibility index (Phi) is 5.46. The van der Waals surface area contributed by atoms with E-state index in [2.05, 4.69) is 4.98 Å². The number of hydrogen-bond donors (Lipinski definition) is 1. The van der Waals surface area contributed by atoms with Gasteiger partial charge in [-0.15, -0.1) is 0 Å². The fourth-order valence-corrected chi connectivity index (χ4v) is 3.50. The fraction of sp³-hybridized carbons (Fsp3) is 0.304. The number of hydrogen-bond acceptors (Lipinski definition) is 3. The second kappa shape index (κ2) is 7.53. The molecule has 0 bridgehead atoms. The molecule has 0 radical (unpaired) electrons. The topological polar surface area (TPSA) is 59.4 Å². The Hall–Kier alpha value is -2.43. The van der Waals surface area contributed by atoms with Crippen molar-refractivity contribution in [2.45, 2.75) is 46.3 Å². The smallest absolute Gasteiger partial charge is 0.337 e. The van der Waals surface area contributed by atoms with Crippen LogP contribution in [0.4, 0.5) is 0 Å². The number of fused-ring (bicyclic) bond motifs is 1. The monoisotopic (exact) mass is 397 g/mol. The highest BCUT2D eigenvalue weighted by Crippen LogP contribution is 2.40. The van der Waals surface area contributed by atoms with Gasteiger partial charge in [-0.25, -0.2) is 4.79 Å². The first-order valence-electron chi connectivity index (χ1n) is 9.14. The van der Waals surface area contributed by atoms with Crippen LogP contribution in [0.3, 0.4) is 0 Å². The molecule has 0 saturated heterocycles. The lowest BCUT2D eigenvalue weighted by Gasteiger charge is -2.28. The van der Waals surface area contributed by atoms with Gasteiger partial charge in [0, 0.05) is 21.7 Å². The molecule has 3 rings (SSSR count). The fourth-order valence-electron chi connectivity index (χ4n) is 3.38. The minimum atomic E-state index is -1.10. The number of halogens is 1. The molecule has 0 aliphatic rings. The molecule has 0 spiro atoms. The van der Waals surface area contributed by atoms with Gasteiger partial charge in [-0.3, -0.25) is 4.98 Å². The van der Waals surface area contributed by atoms with Crippen molar-refractivity contribution in [3.63, 3.8) is 0 Å². The molecule has 0 fully saturated rings. The van der Waals surface area contributed by atoms with Gasteiger partial charge >= 0.3 is 5.97 Å². The molecule has 1 aromatic heterocycles. The van der Waals surface area contributed by atoms with Crippen LogP contribution >= 0.6 is 11.6 Å². The third-order valence-electron chi connectivity index (χ3n) is 4.47. The van der Waals surface area contributed by atoms with Gasteiger partial charge in [0.15, 0.2) is 6.10 Å². The van der Waals surface area contributed by atoms with Gasteiger partial charge in [-0.05, 0) is 75.6 Å². The molecular formula is C23H24ClNO3. The number of carboxylic acids is 1. The van der Waals surface area contributed by atoms with Crippen LogP contribution in [-0.4, -0.2) is 21.7 Å². The number of aromatic nitrogens is 1. The number of carbonyl (C=O) groups is 1. The molecule has 28 heavy (non-hydrogen) atoms. The van der Waals surface area contributed by atoms with Gasteiger partial charge in [0.2, 0.25) is 0 Å². The molecule has 0 aliphatic carbocycles. The van der Waals surface area contributed by atoms with Crippen LogP contribution in [-0.2, 0) is 9.53 Å². The molecule has 5 heteroatoms. The maximum atomic E-state index is 12.2. The summed E-state index contributed by atoms with van der Waals surface area (Å²) in [6.45, 7) is 9.40. The SMILES string of the molecule is Cc1ccc2c(-c3ccc(Cl)cc3)c(C(OC(C)(C)C)C(=O)O)c(C)cc2n1. The number of pyridine rings is 1. The zero-order valence-corrected chi connectivity index (χ0v) is 17.5. The van der Waals surface area contributed by atoms with Gasteiger partial charge in [0.05, 0.1) is 11.1 Å². The maximum Gasteiger partial charge on any atom is 0.337 e. The van der Waals surface area contributed by atoms with Crippen LogP contribution in [0.15, 0.2) is 42.5 Å². The predicted molar refractivity (Wildman–Crippen MR) is 113 cm³/mol. The summed E-state index contributed by atoms with van der Waals surface area (Å²) in [4.78, 5) is 16.8. The van der Waals surface area contributed by atoms with E-state index in [4.69, 9.17) is 16.3 Å². The van der Waals surface area contributed by atoms with E-state index in [-0.39, 0.29) is 0 Å². The summed E-state index contributed by atoms with van der Waals surface area (Å²) >= 11 is 6.08. The highest BCUT2D eigenvalue weighted by molar-refractivity contribution is 6.30. The third kappa shape index (κ3) is 4.18. The Morgan fingerprint density at radius 1 is 1.11 bits per heavy atom. The summed E-state index contributed by atoms with van der Waals surface area (Å²) < 4.78 is 5.98. The summed E-state index contributed by atoms with van der Waals surface area (Å²) in [6, 6.07) is 13.3. The Labute approximate surface area is 170 Å². The molecule has 1 atom stereocenters. The molecule has 2 aromatic carbocycles. The lowest BCUT2D eigenvalue weighted by atomic mass is 9.88. The van der Waals surface area contributed by atoms with Crippen molar-refractivity contribution in [3.05, 3.63) is 64.3 Å². The van der Waals surface area contributed by atoms with Crippen molar-refractivity contribution in [1.29, 1.82) is 0 Å². The van der Waals surface area contributed by atoms with Crippen molar-refractivity contribution in [2.75, 3.05) is 0 Å². The van der Waals surface area contributed by atoms with E-state index >= 15 is 0 Å². The maximum absolute atomic E-state index is 12.2. The highest BCUT2D eigenvalue weighted by atomic mass is 35.5. The molecule has 0 amide bonds. The van der Waals surface area contributed by atoms with Crippen LogP contribution < -0.4 is 0 Å². The second-order valence-corrected chi connectivity index (χ2v) is 8.39. The largest absolute Gasteiger partial charge is 0.479 e. The number of aryl methyl sites for hydroxylation is 2. The number of aliphatic carboxylic acids is 1. The van der Waals surface area contributed by atoms with E-state index in [9.17, 15) is 9.90 Å². The van der Waals surface area contributed by atoms with Gasteiger partial charge in [-0.1, -0.05) is 29.8 Å². The average Bonchev–Trinajstić information content (AvgIpc) is 2.58. The Balaban J connectivity index is 2.39. The molecule has 1 N–H and O–H groups in total. The molecule has 4 nitrogen and oxygen atoms in total. The van der Waals surface area contributed by atoms with Crippen LogP contribution in [0.2, 0.25) is 5.02 Å². The van der Waals surface area contributed by atoms with E-state index in [1.807, 2.05) is 65.0 Å². The predicted octanol–water partition coefficient (Wildman–Crippen LogP) is 6.11. The van der Waals surface area contributed by atoms with Crippen molar-refractivity contribution in [1.82, 2.24) is 4.98 Å². The standard InChI is InChI=1S/C23H24ClNO3/c1-13-12-18-17(11-6-14(2)25-18)20(15-7-9-16(24)10-8-15)19(13)21(22(26)27)28-23(3,4)5/h6-12,21H,1-5H3,(H,26,27). The lowest BCUT2D eigenvalue weighted by molar-refractivity contribution is -0.160. The highest BCUT2D eigenvalue weighted by Gasteiger charge is 2.31. The van der Waals surface area contributed by atoms with Crippen molar-refractivity contribution in [2.24, 2.45) is 0 Å². The quantitative estimate of drug-likeness (QED) is 0.576.